The summed E-state index contributed by atoms with van der Waals surface area (Å²) in [7, 11) is -4.32. The highest BCUT2D eigenvalue weighted by molar-refractivity contribution is 7.86. The van der Waals surface area contributed by atoms with Crippen LogP contribution in [0.15, 0.2) is 29.2 Å². The van der Waals surface area contributed by atoms with Gasteiger partial charge in [0.05, 0.1) is 5.69 Å². The zero-order valence-corrected chi connectivity index (χ0v) is 10.6. The summed E-state index contributed by atoms with van der Waals surface area (Å²) < 4.78 is 31.5. The van der Waals surface area contributed by atoms with Crippen LogP contribution in [0, 0.1) is 0 Å². The van der Waals surface area contributed by atoms with Crippen LogP contribution in [0.5, 0.6) is 0 Å². The predicted molar refractivity (Wildman–Crippen MR) is 64.6 cm³/mol. The average molecular weight is 257 g/mol. The lowest BCUT2D eigenvalue weighted by Gasteiger charge is -2.22. The van der Waals surface area contributed by atoms with Crippen LogP contribution in [0.4, 0.5) is 5.69 Å². The molecule has 1 N–H and O–H groups in total. The molecule has 0 saturated carbocycles. The van der Waals surface area contributed by atoms with Gasteiger partial charge in [-0.2, -0.15) is 8.42 Å². The van der Waals surface area contributed by atoms with E-state index in [1.165, 1.54) is 30.0 Å². The number of amides is 1. The zero-order chi connectivity index (χ0) is 13.1. The van der Waals surface area contributed by atoms with E-state index in [2.05, 4.69) is 0 Å². The van der Waals surface area contributed by atoms with Gasteiger partial charge in [-0.15, -0.1) is 0 Å². The van der Waals surface area contributed by atoms with Crippen LogP contribution in [-0.4, -0.2) is 25.4 Å². The van der Waals surface area contributed by atoms with Gasteiger partial charge in [0.15, 0.2) is 0 Å². The maximum Gasteiger partial charge on any atom is 0.296 e. The summed E-state index contributed by atoms with van der Waals surface area (Å²) in [6.45, 7) is 3.64. The average Bonchev–Trinajstić information content (AvgIpc) is 2.24. The number of carbonyl (C=O) groups excluding carboxylic acids is 1. The third-order valence-electron chi connectivity index (χ3n) is 2.26. The van der Waals surface area contributed by atoms with Crippen molar-refractivity contribution in [2.45, 2.75) is 25.2 Å². The van der Waals surface area contributed by atoms with Crippen LogP contribution in [0.25, 0.3) is 0 Å². The molecule has 0 spiro atoms. The smallest absolute Gasteiger partial charge is 0.296 e. The van der Waals surface area contributed by atoms with E-state index in [0.717, 1.165) is 0 Å². The number of nitrogens with zero attached hydrogens (tertiary/aromatic N) is 1. The summed E-state index contributed by atoms with van der Waals surface area (Å²) in [5.41, 5.74) is 0.212. The molecule has 1 rings (SSSR count). The first-order valence-corrected chi connectivity index (χ1v) is 6.66. The minimum Gasteiger partial charge on any atom is -0.311 e. The highest BCUT2D eigenvalue weighted by Crippen LogP contribution is 2.25. The predicted octanol–water partition coefficient (Wildman–Crippen LogP) is 1.70. The van der Waals surface area contributed by atoms with Crippen molar-refractivity contribution in [1.82, 2.24) is 0 Å². The molecule has 0 heterocycles. The van der Waals surface area contributed by atoms with Crippen molar-refractivity contribution < 1.29 is 17.8 Å². The monoisotopic (exact) mass is 257 g/mol. The minimum atomic E-state index is -4.32. The molecule has 0 aromatic heterocycles. The van der Waals surface area contributed by atoms with E-state index >= 15 is 0 Å². The largest absolute Gasteiger partial charge is 0.311 e. The number of para-hydroxylation sites is 1. The van der Waals surface area contributed by atoms with Crippen molar-refractivity contribution in [1.29, 1.82) is 0 Å². The lowest BCUT2D eigenvalue weighted by molar-refractivity contribution is -0.116. The van der Waals surface area contributed by atoms with E-state index in [0.29, 0.717) is 13.0 Å². The normalized spacial score (nSPS) is 11.2. The van der Waals surface area contributed by atoms with Gasteiger partial charge in [0.1, 0.15) is 4.90 Å². The Morgan fingerprint density at radius 3 is 2.41 bits per heavy atom. The quantitative estimate of drug-likeness (QED) is 0.833. The summed E-state index contributed by atoms with van der Waals surface area (Å²) in [6, 6.07) is 5.89. The van der Waals surface area contributed by atoms with Gasteiger partial charge in [-0.25, -0.2) is 0 Å². The van der Waals surface area contributed by atoms with Gasteiger partial charge < -0.3 is 4.90 Å². The SMILES string of the molecule is CCCN(C(C)=O)c1ccccc1S(=O)(=O)O. The second-order valence-corrected chi connectivity index (χ2v) is 5.00. The fraction of sp³-hybridized carbons (Fsp3) is 0.364. The maximum absolute atomic E-state index is 11.5. The van der Waals surface area contributed by atoms with Gasteiger partial charge >= 0.3 is 0 Å². The molecule has 0 atom stereocenters. The number of anilines is 1. The number of rotatable bonds is 4. The molecule has 0 aliphatic carbocycles. The standard InChI is InChI=1S/C11H15NO4S/c1-3-8-12(9(2)13)10-6-4-5-7-11(10)17(14,15)16/h4-7H,3,8H2,1-2H3,(H,14,15,16). The molecule has 0 fully saturated rings. The fourth-order valence-electron chi connectivity index (χ4n) is 1.57. The van der Waals surface area contributed by atoms with E-state index in [1.54, 1.807) is 6.07 Å². The Kier molecular flexibility index (Phi) is 4.25. The van der Waals surface area contributed by atoms with Gasteiger partial charge in [0.25, 0.3) is 10.1 Å². The van der Waals surface area contributed by atoms with Crippen LogP contribution in [0.1, 0.15) is 20.3 Å². The highest BCUT2D eigenvalue weighted by atomic mass is 32.2. The van der Waals surface area contributed by atoms with Gasteiger partial charge in [0.2, 0.25) is 5.91 Å². The minimum absolute atomic E-state index is 0.212. The number of benzene rings is 1. The summed E-state index contributed by atoms with van der Waals surface area (Å²) in [5, 5.41) is 0. The lowest BCUT2D eigenvalue weighted by atomic mass is 10.2. The second kappa shape index (κ2) is 5.29. The Bertz CT molecular complexity index is 510. The van der Waals surface area contributed by atoms with Crippen molar-refractivity contribution in [3.05, 3.63) is 24.3 Å². The maximum atomic E-state index is 11.5. The molecule has 0 aliphatic heterocycles. The van der Waals surface area contributed by atoms with E-state index in [4.69, 9.17) is 4.55 Å². The molecule has 0 unspecified atom stereocenters. The first-order chi connectivity index (χ1) is 7.88. The number of hydrogen-bond donors (Lipinski definition) is 1. The first kappa shape index (κ1) is 13.7. The van der Waals surface area contributed by atoms with Crippen LogP contribution in [0.3, 0.4) is 0 Å². The number of hydrogen-bond acceptors (Lipinski definition) is 3. The summed E-state index contributed by atoms with van der Waals surface area (Å²) in [5.74, 6) is -0.261. The van der Waals surface area contributed by atoms with Gasteiger partial charge in [-0.3, -0.25) is 9.35 Å². The molecule has 0 aliphatic rings. The molecular formula is C11H15NO4S. The van der Waals surface area contributed by atoms with E-state index in [-0.39, 0.29) is 16.5 Å². The Labute approximate surface area is 101 Å². The molecule has 1 amide bonds. The molecular weight excluding hydrogens is 242 g/mol. The highest BCUT2D eigenvalue weighted by Gasteiger charge is 2.20. The van der Waals surface area contributed by atoms with Gasteiger partial charge in [-0.05, 0) is 18.6 Å². The van der Waals surface area contributed by atoms with Crippen molar-refractivity contribution in [3.8, 4) is 0 Å². The third kappa shape index (κ3) is 3.28. The molecule has 17 heavy (non-hydrogen) atoms. The van der Waals surface area contributed by atoms with Crippen molar-refractivity contribution in [2.75, 3.05) is 11.4 Å². The second-order valence-electron chi connectivity index (χ2n) is 3.61. The molecule has 0 bridgehead atoms. The number of carbonyl (C=O) groups is 1. The summed E-state index contributed by atoms with van der Waals surface area (Å²) >= 11 is 0. The third-order valence-corrected chi connectivity index (χ3v) is 3.16. The van der Waals surface area contributed by atoms with E-state index in [9.17, 15) is 13.2 Å². The van der Waals surface area contributed by atoms with Crippen molar-refractivity contribution in [2.24, 2.45) is 0 Å². The molecule has 6 heteroatoms. The lowest BCUT2D eigenvalue weighted by Crippen LogP contribution is -2.30. The molecule has 94 valence electrons. The Balaban J connectivity index is 3.34. The topological polar surface area (TPSA) is 74.7 Å². The fourth-order valence-corrected chi connectivity index (χ4v) is 2.26. The first-order valence-electron chi connectivity index (χ1n) is 5.22. The van der Waals surface area contributed by atoms with Crippen LogP contribution < -0.4 is 4.90 Å². The van der Waals surface area contributed by atoms with Crippen LogP contribution in [0.2, 0.25) is 0 Å². The van der Waals surface area contributed by atoms with Gasteiger partial charge in [-0.1, -0.05) is 19.1 Å². The van der Waals surface area contributed by atoms with Crippen molar-refractivity contribution in [3.63, 3.8) is 0 Å². The summed E-state index contributed by atoms with van der Waals surface area (Å²) in [6.07, 6.45) is 0.694. The Hall–Kier alpha value is -1.40. The molecule has 1 aromatic carbocycles. The van der Waals surface area contributed by atoms with Gasteiger partial charge in [0, 0.05) is 13.5 Å². The summed E-state index contributed by atoms with van der Waals surface area (Å²) in [4.78, 5) is 12.6. The van der Waals surface area contributed by atoms with E-state index < -0.39 is 10.1 Å². The Morgan fingerprint density at radius 2 is 1.94 bits per heavy atom. The molecule has 0 radical (unpaired) electrons. The molecule has 5 nitrogen and oxygen atoms in total. The van der Waals surface area contributed by atoms with E-state index in [1.807, 2.05) is 6.92 Å². The molecule has 1 aromatic rings. The zero-order valence-electron chi connectivity index (χ0n) is 9.75. The molecule has 0 saturated heterocycles. The van der Waals surface area contributed by atoms with Crippen LogP contribution >= 0.6 is 0 Å². The Morgan fingerprint density at radius 1 is 1.35 bits per heavy atom. The van der Waals surface area contributed by atoms with Crippen molar-refractivity contribution >= 4 is 21.7 Å². The van der Waals surface area contributed by atoms with Crippen LogP contribution in [-0.2, 0) is 14.9 Å².